The summed E-state index contributed by atoms with van der Waals surface area (Å²) in [6.45, 7) is 4.25. The smallest absolute Gasteiger partial charge is 0.317 e. The van der Waals surface area contributed by atoms with E-state index in [0.29, 0.717) is 0 Å². The fraction of sp³-hybridized carbons (Fsp3) is 0.923. The molecule has 0 saturated carbocycles. The van der Waals surface area contributed by atoms with Crippen LogP contribution in [-0.4, -0.2) is 61.3 Å². The van der Waals surface area contributed by atoms with E-state index in [-0.39, 0.29) is 18.4 Å². The minimum atomic E-state index is -0.339. The molecule has 0 aromatic carbocycles. The number of nitrogens with zero attached hydrogens (tertiary/aromatic N) is 3. The topological polar surface area (TPSA) is 52.8 Å². The third-order valence-electron chi connectivity index (χ3n) is 3.18. The first kappa shape index (κ1) is 17.2. The van der Waals surface area contributed by atoms with Gasteiger partial charge in [-0.2, -0.15) is 0 Å². The van der Waals surface area contributed by atoms with Crippen molar-refractivity contribution in [3.05, 3.63) is 0 Å². The van der Waals surface area contributed by atoms with E-state index in [1.54, 1.807) is 0 Å². The third-order valence-corrected chi connectivity index (χ3v) is 3.18. The van der Waals surface area contributed by atoms with Crippen molar-refractivity contribution in [2.45, 2.75) is 51.9 Å². The molecule has 0 aliphatic heterocycles. The molecule has 2 atom stereocenters. The highest BCUT2D eigenvalue weighted by Crippen LogP contribution is 2.18. The minimum absolute atomic E-state index is 0.0615. The van der Waals surface area contributed by atoms with Crippen LogP contribution in [0.15, 0.2) is 0 Å². The Morgan fingerprint density at radius 3 is 1.44 bits per heavy atom. The van der Waals surface area contributed by atoms with E-state index in [1.165, 1.54) is 0 Å². The Morgan fingerprint density at radius 1 is 0.944 bits per heavy atom. The van der Waals surface area contributed by atoms with Crippen molar-refractivity contribution in [3.8, 4) is 0 Å². The molecule has 0 rings (SSSR count). The Kier molecular flexibility index (Phi) is 7.95. The number of rotatable bonds is 8. The molecule has 0 radical (unpaired) electrons. The molecule has 0 fully saturated rings. The normalized spacial score (nSPS) is 14.9. The maximum Gasteiger partial charge on any atom is 0.317 e. The van der Waals surface area contributed by atoms with Gasteiger partial charge in [0.15, 0.2) is 0 Å². The van der Waals surface area contributed by atoms with Gasteiger partial charge in [0, 0.05) is 0 Å². The molecule has 2 N–H and O–H groups in total. The molecule has 2 unspecified atom stereocenters. The summed E-state index contributed by atoms with van der Waals surface area (Å²) in [7, 11) is 7.98. The van der Waals surface area contributed by atoms with Gasteiger partial charge in [-0.3, -0.25) is 14.7 Å². The average molecular weight is 258 g/mol. The zero-order chi connectivity index (χ0) is 14.3. The Labute approximate surface area is 112 Å². The summed E-state index contributed by atoms with van der Waals surface area (Å²) in [6.07, 6.45) is 4.05. The standard InChI is InChI=1S/C13H30N4O/c1-7-9-11(15(3)4)17(13(14)18)12(10-8-2)16(5)6/h11-12H,7-10H2,1-6H3,(H2,14,18). The number of amides is 2. The van der Waals surface area contributed by atoms with Crippen molar-refractivity contribution < 1.29 is 4.79 Å². The summed E-state index contributed by atoms with van der Waals surface area (Å²) in [5.41, 5.74) is 5.61. The Hall–Kier alpha value is -0.810. The molecule has 0 saturated heterocycles. The highest BCUT2D eigenvalue weighted by atomic mass is 16.2. The maximum atomic E-state index is 11.8. The first-order chi connectivity index (χ1) is 8.36. The lowest BCUT2D eigenvalue weighted by atomic mass is 10.1. The van der Waals surface area contributed by atoms with Gasteiger partial charge in [-0.1, -0.05) is 26.7 Å². The molecular formula is C13H30N4O. The molecule has 0 aliphatic carbocycles. The van der Waals surface area contributed by atoms with Crippen LogP contribution in [0.5, 0.6) is 0 Å². The largest absolute Gasteiger partial charge is 0.351 e. The SMILES string of the molecule is CCCC(N(C)C)N(C(N)=O)C(CCC)N(C)C. The van der Waals surface area contributed by atoms with Gasteiger partial charge in [0.1, 0.15) is 0 Å². The van der Waals surface area contributed by atoms with Crippen molar-refractivity contribution in [1.29, 1.82) is 0 Å². The van der Waals surface area contributed by atoms with Crippen LogP contribution >= 0.6 is 0 Å². The zero-order valence-electron chi connectivity index (χ0n) is 12.8. The molecule has 0 aromatic rings. The molecule has 0 heterocycles. The van der Waals surface area contributed by atoms with Crippen LogP contribution in [0.3, 0.4) is 0 Å². The van der Waals surface area contributed by atoms with Gasteiger partial charge in [-0.15, -0.1) is 0 Å². The molecule has 2 amide bonds. The van der Waals surface area contributed by atoms with Gasteiger partial charge in [-0.05, 0) is 41.0 Å². The van der Waals surface area contributed by atoms with E-state index in [9.17, 15) is 4.79 Å². The summed E-state index contributed by atoms with van der Waals surface area (Å²) < 4.78 is 0. The molecule has 5 nitrogen and oxygen atoms in total. The van der Waals surface area contributed by atoms with Gasteiger partial charge < -0.3 is 5.73 Å². The van der Waals surface area contributed by atoms with Crippen molar-refractivity contribution in [2.75, 3.05) is 28.2 Å². The lowest BCUT2D eigenvalue weighted by Gasteiger charge is -2.42. The van der Waals surface area contributed by atoms with E-state index in [1.807, 2.05) is 33.1 Å². The van der Waals surface area contributed by atoms with Gasteiger partial charge in [0.25, 0.3) is 0 Å². The molecule has 5 heteroatoms. The summed E-state index contributed by atoms with van der Waals surface area (Å²) in [6, 6.07) is -0.339. The Bertz CT molecular complexity index is 225. The fourth-order valence-electron chi connectivity index (χ4n) is 2.30. The van der Waals surface area contributed by atoms with E-state index in [2.05, 4.69) is 23.6 Å². The number of carbonyl (C=O) groups excluding carboxylic acids is 1. The van der Waals surface area contributed by atoms with Crippen LogP contribution in [0.4, 0.5) is 4.79 Å². The number of nitrogens with two attached hydrogens (primary N) is 1. The first-order valence-electron chi connectivity index (χ1n) is 6.77. The molecular weight excluding hydrogens is 228 g/mol. The van der Waals surface area contributed by atoms with E-state index < -0.39 is 0 Å². The molecule has 0 aromatic heterocycles. The summed E-state index contributed by atoms with van der Waals surface area (Å²) in [5, 5.41) is 0. The predicted octanol–water partition coefficient (Wildman–Crippen LogP) is 1.74. The van der Waals surface area contributed by atoms with Crippen LogP contribution < -0.4 is 5.73 Å². The number of carbonyl (C=O) groups is 1. The monoisotopic (exact) mass is 258 g/mol. The predicted molar refractivity (Wildman–Crippen MR) is 76.2 cm³/mol. The average Bonchev–Trinajstić information content (AvgIpc) is 2.26. The van der Waals surface area contributed by atoms with Gasteiger partial charge >= 0.3 is 6.03 Å². The van der Waals surface area contributed by atoms with E-state index >= 15 is 0 Å². The van der Waals surface area contributed by atoms with Crippen LogP contribution in [-0.2, 0) is 0 Å². The number of urea groups is 1. The number of hydrogen-bond acceptors (Lipinski definition) is 3. The second-order valence-corrected chi connectivity index (χ2v) is 5.21. The highest BCUT2D eigenvalue weighted by Gasteiger charge is 2.30. The molecule has 18 heavy (non-hydrogen) atoms. The summed E-state index contributed by atoms with van der Waals surface area (Å²) >= 11 is 0. The fourth-order valence-corrected chi connectivity index (χ4v) is 2.30. The lowest BCUT2D eigenvalue weighted by molar-refractivity contribution is 0.0112. The molecule has 0 spiro atoms. The van der Waals surface area contributed by atoms with Crippen molar-refractivity contribution in [3.63, 3.8) is 0 Å². The van der Waals surface area contributed by atoms with Crippen LogP contribution in [0.2, 0.25) is 0 Å². The van der Waals surface area contributed by atoms with Crippen molar-refractivity contribution in [2.24, 2.45) is 5.73 Å². The quantitative estimate of drug-likeness (QED) is 0.675. The summed E-state index contributed by atoms with van der Waals surface area (Å²) in [5.74, 6) is 0. The Balaban J connectivity index is 5.15. The van der Waals surface area contributed by atoms with Gasteiger partial charge in [0.2, 0.25) is 0 Å². The van der Waals surface area contributed by atoms with Crippen LogP contribution in [0.1, 0.15) is 39.5 Å². The molecule has 0 aliphatic rings. The summed E-state index contributed by atoms with van der Waals surface area (Å²) in [4.78, 5) is 17.8. The lowest BCUT2D eigenvalue weighted by Crippen LogP contribution is -2.58. The first-order valence-corrected chi connectivity index (χ1v) is 6.77. The number of primary amides is 1. The van der Waals surface area contributed by atoms with E-state index in [4.69, 9.17) is 5.73 Å². The second kappa shape index (κ2) is 8.32. The molecule has 108 valence electrons. The van der Waals surface area contributed by atoms with E-state index in [0.717, 1.165) is 25.7 Å². The van der Waals surface area contributed by atoms with Crippen LogP contribution in [0, 0.1) is 0 Å². The highest BCUT2D eigenvalue weighted by molar-refractivity contribution is 5.72. The molecule has 0 bridgehead atoms. The van der Waals surface area contributed by atoms with Crippen LogP contribution in [0.25, 0.3) is 0 Å². The second-order valence-electron chi connectivity index (χ2n) is 5.21. The van der Waals surface area contributed by atoms with Gasteiger partial charge in [0.05, 0.1) is 12.3 Å². The minimum Gasteiger partial charge on any atom is -0.351 e. The zero-order valence-corrected chi connectivity index (χ0v) is 12.8. The van der Waals surface area contributed by atoms with Crippen molar-refractivity contribution in [1.82, 2.24) is 14.7 Å². The third kappa shape index (κ3) is 4.82. The number of hydrogen-bond donors (Lipinski definition) is 1. The Morgan fingerprint density at radius 2 is 1.28 bits per heavy atom. The maximum absolute atomic E-state index is 11.8. The van der Waals surface area contributed by atoms with Crippen molar-refractivity contribution >= 4 is 6.03 Å². The van der Waals surface area contributed by atoms with Gasteiger partial charge in [-0.25, -0.2) is 4.79 Å².